The van der Waals surface area contributed by atoms with Gasteiger partial charge < -0.3 is 35.0 Å². The molecular weight excluding hydrogens is 304 g/mol. The van der Waals surface area contributed by atoms with Crippen LogP contribution in [0.4, 0.5) is 0 Å². The van der Waals surface area contributed by atoms with Crippen molar-refractivity contribution in [2.24, 2.45) is 5.92 Å². The van der Waals surface area contributed by atoms with E-state index in [2.05, 4.69) is 0 Å². The van der Waals surface area contributed by atoms with Crippen molar-refractivity contribution < 1.29 is 35.0 Å². The van der Waals surface area contributed by atoms with Gasteiger partial charge in [-0.1, -0.05) is 25.5 Å². The van der Waals surface area contributed by atoms with E-state index in [1.54, 1.807) is 6.08 Å². The lowest BCUT2D eigenvalue weighted by Gasteiger charge is -2.48. The molecule has 7 heteroatoms. The normalized spacial score (nSPS) is 45.2. The van der Waals surface area contributed by atoms with Gasteiger partial charge in [-0.05, 0) is 25.7 Å². The molecule has 0 aromatic heterocycles. The molecule has 0 aromatic carbocycles. The second-order valence-corrected chi connectivity index (χ2v) is 6.88. The molecule has 7 atom stereocenters. The topological polar surface area (TPSA) is 120 Å². The standard InChI is InChI=1S/C16H28O7/c1-8(2)16(5-4-9(3)6-11(16)18)23-15-14(21)13(20)12(19)10(7-17)22-15/h6,8,10-15,17-21H,4-5,7H2,1-3H3/t10-,11+,12-,13+,14-,15+,16+/m1/s1. The smallest absolute Gasteiger partial charge is 0.187 e. The van der Waals surface area contributed by atoms with E-state index >= 15 is 0 Å². The summed E-state index contributed by atoms with van der Waals surface area (Å²) in [5, 5.41) is 49.6. The van der Waals surface area contributed by atoms with Gasteiger partial charge in [-0.15, -0.1) is 0 Å². The summed E-state index contributed by atoms with van der Waals surface area (Å²) in [6, 6.07) is 0. The van der Waals surface area contributed by atoms with Crippen molar-refractivity contribution in [3.8, 4) is 0 Å². The molecule has 0 saturated carbocycles. The highest BCUT2D eigenvalue weighted by molar-refractivity contribution is 5.15. The van der Waals surface area contributed by atoms with Crippen LogP contribution in [0.25, 0.3) is 0 Å². The van der Waals surface area contributed by atoms with Gasteiger partial charge in [-0.25, -0.2) is 0 Å². The van der Waals surface area contributed by atoms with Crippen LogP contribution in [0.15, 0.2) is 11.6 Å². The molecule has 23 heavy (non-hydrogen) atoms. The Hall–Kier alpha value is -0.540. The second-order valence-electron chi connectivity index (χ2n) is 6.88. The molecule has 7 nitrogen and oxygen atoms in total. The Morgan fingerprint density at radius 1 is 1.22 bits per heavy atom. The summed E-state index contributed by atoms with van der Waals surface area (Å²) in [5.74, 6) is -0.0748. The molecule has 0 unspecified atom stereocenters. The number of hydrogen-bond acceptors (Lipinski definition) is 7. The maximum atomic E-state index is 10.5. The maximum Gasteiger partial charge on any atom is 0.187 e. The first-order chi connectivity index (χ1) is 10.7. The summed E-state index contributed by atoms with van der Waals surface area (Å²) in [6.45, 7) is 5.23. The van der Waals surface area contributed by atoms with Crippen molar-refractivity contribution in [2.75, 3.05) is 6.61 Å². The fraction of sp³-hybridized carbons (Fsp3) is 0.875. The summed E-state index contributed by atoms with van der Waals surface area (Å²) in [6.07, 6.45) is -4.51. The van der Waals surface area contributed by atoms with Crippen LogP contribution in [-0.4, -0.2) is 74.6 Å². The first-order valence-electron chi connectivity index (χ1n) is 8.06. The molecule has 1 heterocycles. The van der Waals surface area contributed by atoms with Crippen LogP contribution in [-0.2, 0) is 9.47 Å². The molecule has 1 aliphatic carbocycles. The summed E-state index contributed by atoms with van der Waals surface area (Å²) < 4.78 is 11.4. The van der Waals surface area contributed by atoms with Crippen molar-refractivity contribution in [3.63, 3.8) is 0 Å². The third-order valence-corrected chi connectivity index (χ3v) is 5.01. The summed E-state index contributed by atoms with van der Waals surface area (Å²) in [4.78, 5) is 0. The van der Waals surface area contributed by atoms with Gasteiger partial charge in [0, 0.05) is 0 Å². The molecule has 1 aliphatic heterocycles. The number of aliphatic hydroxyl groups excluding tert-OH is 5. The summed E-state index contributed by atoms with van der Waals surface area (Å²) in [7, 11) is 0. The van der Waals surface area contributed by atoms with E-state index in [1.807, 2.05) is 20.8 Å². The predicted molar refractivity (Wildman–Crippen MR) is 81.4 cm³/mol. The summed E-state index contributed by atoms with van der Waals surface area (Å²) in [5.41, 5.74) is 0.0962. The van der Waals surface area contributed by atoms with Gasteiger partial charge in [-0.2, -0.15) is 0 Å². The Kier molecular flexibility index (Phi) is 5.84. The van der Waals surface area contributed by atoms with E-state index in [9.17, 15) is 25.5 Å². The van der Waals surface area contributed by atoms with E-state index in [0.29, 0.717) is 6.42 Å². The fourth-order valence-corrected chi connectivity index (χ4v) is 3.31. The maximum absolute atomic E-state index is 10.5. The Labute approximate surface area is 136 Å². The Morgan fingerprint density at radius 2 is 1.87 bits per heavy atom. The molecule has 2 rings (SSSR count). The lowest BCUT2D eigenvalue weighted by Crippen LogP contribution is -2.63. The minimum atomic E-state index is -1.49. The van der Waals surface area contributed by atoms with Gasteiger partial charge >= 0.3 is 0 Å². The molecule has 0 amide bonds. The number of hydrogen-bond donors (Lipinski definition) is 5. The van der Waals surface area contributed by atoms with E-state index in [1.165, 1.54) is 0 Å². The first kappa shape index (κ1) is 18.8. The lowest BCUT2D eigenvalue weighted by molar-refractivity contribution is -0.341. The molecule has 5 N–H and O–H groups in total. The van der Waals surface area contributed by atoms with Crippen molar-refractivity contribution >= 4 is 0 Å². The second kappa shape index (κ2) is 7.14. The van der Waals surface area contributed by atoms with E-state index in [4.69, 9.17) is 9.47 Å². The van der Waals surface area contributed by atoms with Crippen LogP contribution in [0, 0.1) is 5.92 Å². The molecule has 0 radical (unpaired) electrons. The van der Waals surface area contributed by atoms with Gasteiger partial charge in [0.25, 0.3) is 0 Å². The number of rotatable bonds is 4. The number of allylic oxidation sites excluding steroid dienone is 1. The molecule has 0 spiro atoms. The van der Waals surface area contributed by atoms with Crippen LogP contribution in [0.1, 0.15) is 33.6 Å². The zero-order valence-corrected chi connectivity index (χ0v) is 13.8. The molecule has 0 bridgehead atoms. The van der Waals surface area contributed by atoms with Crippen LogP contribution in [0.3, 0.4) is 0 Å². The number of ether oxygens (including phenoxy) is 2. The Bertz CT molecular complexity index is 436. The molecular formula is C16H28O7. The fourth-order valence-electron chi connectivity index (χ4n) is 3.31. The number of aliphatic hydroxyl groups is 5. The molecule has 1 saturated heterocycles. The van der Waals surface area contributed by atoms with Crippen molar-refractivity contribution in [2.45, 2.75) is 76.0 Å². The van der Waals surface area contributed by atoms with E-state index in [-0.39, 0.29) is 5.92 Å². The van der Waals surface area contributed by atoms with Gasteiger partial charge in [0.05, 0.1) is 6.61 Å². The zero-order valence-electron chi connectivity index (χ0n) is 13.8. The Morgan fingerprint density at radius 3 is 2.39 bits per heavy atom. The van der Waals surface area contributed by atoms with Gasteiger partial charge in [-0.3, -0.25) is 0 Å². The average molecular weight is 332 g/mol. The van der Waals surface area contributed by atoms with Crippen molar-refractivity contribution in [1.29, 1.82) is 0 Å². The Balaban J connectivity index is 2.23. The predicted octanol–water partition coefficient (Wildman–Crippen LogP) is -0.701. The zero-order chi connectivity index (χ0) is 17.4. The quantitative estimate of drug-likeness (QED) is 0.432. The largest absolute Gasteiger partial charge is 0.394 e. The third-order valence-electron chi connectivity index (χ3n) is 5.01. The third kappa shape index (κ3) is 3.46. The highest BCUT2D eigenvalue weighted by atomic mass is 16.7. The SMILES string of the molecule is CC1=C[C@H](O)[C@@](O[C@@H]2O[C@H](CO)[C@@H](O)[C@H](O)[C@H]2O)(C(C)C)CC1. The van der Waals surface area contributed by atoms with Gasteiger partial charge in [0.2, 0.25) is 0 Å². The molecule has 1 fully saturated rings. The lowest BCUT2D eigenvalue weighted by atomic mass is 9.75. The minimum absolute atomic E-state index is 0.0748. The molecule has 2 aliphatic rings. The average Bonchev–Trinajstić information content (AvgIpc) is 2.50. The first-order valence-corrected chi connectivity index (χ1v) is 8.06. The molecule has 134 valence electrons. The van der Waals surface area contributed by atoms with Crippen LogP contribution >= 0.6 is 0 Å². The molecule has 0 aromatic rings. The monoisotopic (exact) mass is 332 g/mol. The van der Waals surface area contributed by atoms with Crippen LogP contribution in [0.2, 0.25) is 0 Å². The van der Waals surface area contributed by atoms with Gasteiger partial charge in [0.1, 0.15) is 36.1 Å². The van der Waals surface area contributed by atoms with Crippen molar-refractivity contribution in [3.05, 3.63) is 11.6 Å². The minimum Gasteiger partial charge on any atom is -0.394 e. The van der Waals surface area contributed by atoms with E-state index in [0.717, 1.165) is 12.0 Å². The van der Waals surface area contributed by atoms with E-state index < -0.39 is 49.0 Å². The summed E-state index contributed by atoms with van der Waals surface area (Å²) >= 11 is 0. The van der Waals surface area contributed by atoms with Crippen molar-refractivity contribution in [1.82, 2.24) is 0 Å². The highest BCUT2D eigenvalue weighted by Gasteiger charge is 2.50. The van der Waals surface area contributed by atoms with Crippen LogP contribution in [0.5, 0.6) is 0 Å². The van der Waals surface area contributed by atoms with Gasteiger partial charge in [0.15, 0.2) is 6.29 Å². The highest BCUT2D eigenvalue weighted by Crippen LogP contribution is 2.40. The van der Waals surface area contributed by atoms with Crippen LogP contribution < -0.4 is 0 Å².